The van der Waals surface area contributed by atoms with Crippen molar-refractivity contribution < 1.29 is 4.79 Å². The number of para-hydroxylation sites is 1. The normalized spacial score (nSPS) is 13.5. The molecule has 3 aromatic rings. The Labute approximate surface area is 156 Å². The number of nitrogens with zero attached hydrogens (tertiary/aromatic N) is 4. The van der Waals surface area contributed by atoms with Crippen molar-refractivity contribution in [3.63, 3.8) is 0 Å². The molecule has 0 saturated heterocycles. The molecule has 4 rings (SSSR count). The largest absolute Gasteiger partial charge is 0.325 e. The van der Waals surface area contributed by atoms with Gasteiger partial charge in [-0.25, -0.2) is 4.68 Å². The van der Waals surface area contributed by atoms with E-state index < -0.39 is 0 Å². The molecule has 0 aliphatic heterocycles. The average Bonchev–Trinajstić information content (AvgIpc) is 3.40. The monoisotopic (exact) mass is 365 g/mol. The van der Waals surface area contributed by atoms with E-state index in [-0.39, 0.29) is 11.7 Å². The van der Waals surface area contributed by atoms with E-state index >= 15 is 0 Å². The van der Waals surface area contributed by atoms with E-state index in [1.54, 1.807) is 0 Å². The summed E-state index contributed by atoms with van der Waals surface area (Å²) in [7, 11) is 0. The summed E-state index contributed by atoms with van der Waals surface area (Å²) in [6.07, 6.45) is 3.00. The van der Waals surface area contributed by atoms with Crippen molar-refractivity contribution in [1.29, 1.82) is 0 Å². The van der Waals surface area contributed by atoms with E-state index in [1.165, 1.54) is 17.3 Å². The van der Waals surface area contributed by atoms with Gasteiger partial charge in [0.2, 0.25) is 11.1 Å². The molecule has 132 valence electrons. The SMILES string of the molecule is O=C(CSc1nnnn1C1CC1)Nc1ccccc1Cc1ccccc1. The molecule has 1 aliphatic rings. The van der Waals surface area contributed by atoms with Gasteiger partial charge in [0.15, 0.2) is 0 Å². The molecule has 26 heavy (non-hydrogen) atoms. The number of rotatable bonds is 7. The zero-order valence-corrected chi connectivity index (χ0v) is 15.0. The Kier molecular flexibility index (Phi) is 4.97. The topological polar surface area (TPSA) is 72.7 Å². The fraction of sp³-hybridized carbons (Fsp3) is 0.263. The highest BCUT2D eigenvalue weighted by molar-refractivity contribution is 7.99. The Bertz CT molecular complexity index is 892. The number of nitrogens with one attached hydrogen (secondary N) is 1. The van der Waals surface area contributed by atoms with Gasteiger partial charge in [0.05, 0.1) is 11.8 Å². The predicted molar refractivity (Wildman–Crippen MR) is 101 cm³/mol. The van der Waals surface area contributed by atoms with Crippen molar-refractivity contribution in [2.45, 2.75) is 30.5 Å². The fourth-order valence-corrected chi connectivity index (χ4v) is 3.50. The number of benzene rings is 2. The number of carbonyl (C=O) groups is 1. The highest BCUT2D eigenvalue weighted by Gasteiger charge is 2.28. The van der Waals surface area contributed by atoms with Crippen LogP contribution >= 0.6 is 11.8 Å². The number of hydrogen-bond donors (Lipinski definition) is 1. The number of tetrazole rings is 1. The molecule has 1 heterocycles. The van der Waals surface area contributed by atoms with E-state index in [1.807, 2.05) is 47.1 Å². The lowest BCUT2D eigenvalue weighted by molar-refractivity contribution is -0.113. The van der Waals surface area contributed by atoms with Crippen LogP contribution in [-0.2, 0) is 11.2 Å². The maximum absolute atomic E-state index is 12.4. The van der Waals surface area contributed by atoms with Crippen LogP contribution < -0.4 is 5.32 Å². The molecule has 1 aromatic heterocycles. The molecule has 1 fully saturated rings. The standard InChI is InChI=1S/C19H19N5OS/c25-18(13-26-19-21-22-23-24(19)16-10-11-16)20-17-9-5-4-8-15(17)12-14-6-2-1-3-7-14/h1-9,16H,10-13H2,(H,20,25). The van der Waals surface area contributed by atoms with Gasteiger partial charge in [0, 0.05) is 5.69 Å². The average molecular weight is 365 g/mol. The Morgan fingerprint density at radius 2 is 1.88 bits per heavy atom. The number of anilines is 1. The molecule has 0 atom stereocenters. The number of aromatic nitrogens is 4. The van der Waals surface area contributed by atoms with Crippen molar-refractivity contribution in [2.75, 3.05) is 11.1 Å². The summed E-state index contributed by atoms with van der Waals surface area (Å²) in [6.45, 7) is 0. The van der Waals surface area contributed by atoms with Crippen LogP contribution in [0.3, 0.4) is 0 Å². The molecular weight excluding hydrogens is 346 g/mol. The zero-order chi connectivity index (χ0) is 17.8. The Hall–Kier alpha value is -2.67. The van der Waals surface area contributed by atoms with Gasteiger partial charge in [-0.1, -0.05) is 60.3 Å². The summed E-state index contributed by atoms with van der Waals surface area (Å²) >= 11 is 1.37. The van der Waals surface area contributed by atoms with E-state index in [4.69, 9.17) is 0 Å². The molecule has 1 amide bonds. The minimum absolute atomic E-state index is 0.0548. The minimum atomic E-state index is -0.0548. The van der Waals surface area contributed by atoms with Gasteiger partial charge < -0.3 is 5.32 Å². The number of hydrogen-bond acceptors (Lipinski definition) is 5. The smallest absolute Gasteiger partial charge is 0.234 e. The zero-order valence-electron chi connectivity index (χ0n) is 14.2. The first-order valence-corrected chi connectivity index (χ1v) is 9.60. The van der Waals surface area contributed by atoms with Crippen LogP contribution in [0.5, 0.6) is 0 Å². The number of carbonyl (C=O) groups excluding carboxylic acids is 1. The molecule has 0 bridgehead atoms. The van der Waals surface area contributed by atoms with Crippen LogP contribution in [0.1, 0.15) is 30.0 Å². The summed E-state index contributed by atoms with van der Waals surface area (Å²) in [5, 5.41) is 15.5. The first-order valence-electron chi connectivity index (χ1n) is 8.62. The summed E-state index contributed by atoms with van der Waals surface area (Å²) in [5.41, 5.74) is 3.16. The quantitative estimate of drug-likeness (QED) is 0.650. The fourth-order valence-electron chi connectivity index (χ4n) is 2.76. The van der Waals surface area contributed by atoms with Gasteiger partial charge in [-0.05, 0) is 46.9 Å². The Balaban J connectivity index is 1.39. The van der Waals surface area contributed by atoms with Gasteiger partial charge in [0.25, 0.3) is 0 Å². The first kappa shape index (κ1) is 16.8. The Morgan fingerprint density at radius 3 is 2.69 bits per heavy atom. The Morgan fingerprint density at radius 1 is 1.12 bits per heavy atom. The van der Waals surface area contributed by atoms with E-state index in [2.05, 4.69) is 33.0 Å². The summed E-state index contributed by atoms with van der Waals surface area (Å²) in [4.78, 5) is 12.4. The summed E-state index contributed by atoms with van der Waals surface area (Å²) in [5.74, 6) is 0.230. The van der Waals surface area contributed by atoms with Crippen LogP contribution in [0, 0.1) is 0 Å². The van der Waals surface area contributed by atoms with E-state index in [9.17, 15) is 4.79 Å². The molecule has 0 spiro atoms. The van der Waals surface area contributed by atoms with Crippen molar-refractivity contribution in [3.8, 4) is 0 Å². The highest BCUT2D eigenvalue weighted by atomic mass is 32.2. The van der Waals surface area contributed by atoms with Crippen molar-refractivity contribution >= 4 is 23.4 Å². The molecule has 0 radical (unpaired) electrons. The van der Waals surface area contributed by atoms with Gasteiger partial charge in [-0.15, -0.1) is 5.10 Å². The van der Waals surface area contributed by atoms with Gasteiger partial charge >= 0.3 is 0 Å². The lowest BCUT2D eigenvalue weighted by atomic mass is 10.0. The third-order valence-electron chi connectivity index (χ3n) is 4.22. The molecule has 1 saturated carbocycles. The molecule has 6 nitrogen and oxygen atoms in total. The minimum Gasteiger partial charge on any atom is -0.325 e. The highest BCUT2D eigenvalue weighted by Crippen LogP contribution is 2.36. The lowest BCUT2D eigenvalue weighted by Gasteiger charge is -2.11. The van der Waals surface area contributed by atoms with Crippen LogP contribution in [0.15, 0.2) is 59.8 Å². The maximum Gasteiger partial charge on any atom is 0.234 e. The summed E-state index contributed by atoms with van der Waals surface area (Å²) in [6, 6.07) is 18.5. The second kappa shape index (κ2) is 7.70. The molecule has 0 unspecified atom stereocenters. The van der Waals surface area contributed by atoms with Crippen LogP contribution in [0.4, 0.5) is 5.69 Å². The number of thioether (sulfide) groups is 1. The predicted octanol–water partition coefficient (Wildman–Crippen LogP) is 3.33. The van der Waals surface area contributed by atoms with Gasteiger partial charge in [-0.3, -0.25) is 4.79 Å². The van der Waals surface area contributed by atoms with Crippen LogP contribution in [0.25, 0.3) is 0 Å². The van der Waals surface area contributed by atoms with Crippen LogP contribution in [-0.4, -0.2) is 31.9 Å². The van der Waals surface area contributed by atoms with Gasteiger partial charge in [-0.2, -0.15) is 0 Å². The van der Waals surface area contributed by atoms with Gasteiger partial charge in [0.1, 0.15) is 0 Å². The third-order valence-corrected chi connectivity index (χ3v) is 5.15. The molecule has 2 aromatic carbocycles. The second-order valence-electron chi connectivity index (χ2n) is 6.29. The van der Waals surface area contributed by atoms with Crippen molar-refractivity contribution in [2.24, 2.45) is 0 Å². The summed E-state index contributed by atoms with van der Waals surface area (Å²) < 4.78 is 1.82. The maximum atomic E-state index is 12.4. The molecule has 1 N–H and O–H groups in total. The third kappa shape index (κ3) is 4.11. The molecule has 1 aliphatic carbocycles. The molecule has 7 heteroatoms. The first-order chi connectivity index (χ1) is 12.8. The molecular formula is C19H19N5OS. The van der Waals surface area contributed by atoms with Crippen molar-refractivity contribution in [3.05, 3.63) is 65.7 Å². The lowest BCUT2D eigenvalue weighted by Crippen LogP contribution is -2.16. The van der Waals surface area contributed by atoms with E-state index in [0.717, 1.165) is 30.5 Å². The van der Waals surface area contributed by atoms with Crippen molar-refractivity contribution in [1.82, 2.24) is 20.2 Å². The second-order valence-corrected chi connectivity index (χ2v) is 7.24. The number of amides is 1. The van der Waals surface area contributed by atoms with E-state index in [0.29, 0.717) is 11.2 Å². The van der Waals surface area contributed by atoms with Crippen LogP contribution in [0.2, 0.25) is 0 Å².